The fourth-order valence-electron chi connectivity index (χ4n) is 2.90. The number of alkyl halides is 3. The van der Waals surface area contributed by atoms with Gasteiger partial charge in [0, 0.05) is 19.2 Å². The summed E-state index contributed by atoms with van der Waals surface area (Å²) in [7, 11) is 0. The molecule has 1 amide bonds. The molecule has 0 radical (unpaired) electrons. The van der Waals surface area contributed by atoms with Gasteiger partial charge in [0.15, 0.2) is 0 Å². The molecular weight excluding hydrogens is 372 g/mol. The molecule has 27 heavy (non-hydrogen) atoms. The summed E-state index contributed by atoms with van der Waals surface area (Å²) < 4.78 is 63.4. The average molecular weight is 394 g/mol. The maximum atomic E-state index is 14.6. The van der Waals surface area contributed by atoms with E-state index in [1.165, 1.54) is 6.92 Å². The Kier molecular flexibility index (Phi) is 5.46. The highest BCUT2D eigenvalue weighted by Crippen LogP contribution is 2.41. The van der Waals surface area contributed by atoms with Gasteiger partial charge in [-0.15, -0.1) is 0 Å². The number of nitrogens with one attached hydrogen (secondary N) is 1. The first-order valence-electron chi connectivity index (χ1n) is 8.22. The number of amides is 1. The summed E-state index contributed by atoms with van der Waals surface area (Å²) in [4.78, 5) is 15.9. The van der Waals surface area contributed by atoms with Gasteiger partial charge in [-0.05, 0) is 33.8 Å². The minimum Gasteiger partial charge on any atom is -0.444 e. The number of aromatic nitrogens is 1. The lowest BCUT2D eigenvalue weighted by atomic mass is 9.74. The lowest BCUT2D eigenvalue weighted by molar-refractivity contribution is -0.144. The first-order valence-corrected chi connectivity index (χ1v) is 8.22. The van der Waals surface area contributed by atoms with Crippen LogP contribution in [0.1, 0.15) is 45.4 Å². The quantitative estimate of drug-likeness (QED) is 0.754. The van der Waals surface area contributed by atoms with E-state index in [-0.39, 0.29) is 25.7 Å². The van der Waals surface area contributed by atoms with Gasteiger partial charge in [-0.25, -0.2) is 9.18 Å². The molecule has 0 bridgehead atoms. The van der Waals surface area contributed by atoms with E-state index in [9.17, 15) is 27.5 Å². The molecule has 152 valence electrons. The average Bonchev–Trinajstić information content (AvgIpc) is 2.46. The van der Waals surface area contributed by atoms with Crippen molar-refractivity contribution in [3.63, 3.8) is 0 Å². The summed E-state index contributed by atoms with van der Waals surface area (Å²) in [6.07, 6.45) is -5.40. The highest BCUT2D eigenvalue weighted by molar-refractivity contribution is 5.69. The first kappa shape index (κ1) is 21.4. The molecule has 1 aliphatic rings. The van der Waals surface area contributed by atoms with Crippen molar-refractivity contribution in [2.45, 2.75) is 57.0 Å². The summed E-state index contributed by atoms with van der Waals surface area (Å²) in [5.41, 5.74) is -6.36. The maximum absolute atomic E-state index is 14.6. The van der Waals surface area contributed by atoms with Gasteiger partial charge in [-0.3, -0.25) is 4.98 Å². The van der Waals surface area contributed by atoms with E-state index < -0.39 is 46.1 Å². The zero-order valence-corrected chi connectivity index (χ0v) is 15.4. The van der Waals surface area contributed by atoms with Crippen LogP contribution in [-0.4, -0.2) is 40.6 Å². The summed E-state index contributed by atoms with van der Waals surface area (Å²) in [5, 5.41) is 13.2. The molecule has 0 aliphatic carbocycles. The van der Waals surface area contributed by atoms with Gasteiger partial charge < -0.3 is 19.9 Å². The van der Waals surface area contributed by atoms with Crippen LogP contribution in [0, 0.1) is 5.82 Å². The molecule has 10 heteroatoms. The standard InChI is InChI=1S/C17H22F4N2O4/c1-14(2,3)27-13(24)23-16(5-6-26-9-15(16,4)25)12-11(18)7-10(8-22-12)17(19,20)21/h7-8,25H,5-6,9H2,1-4H3,(H,23,24). The van der Waals surface area contributed by atoms with E-state index in [1.807, 2.05) is 0 Å². The van der Waals surface area contributed by atoms with E-state index in [0.29, 0.717) is 6.20 Å². The van der Waals surface area contributed by atoms with Crippen LogP contribution >= 0.6 is 0 Å². The molecule has 1 aromatic rings. The Bertz CT molecular complexity index is 716. The van der Waals surface area contributed by atoms with E-state index >= 15 is 0 Å². The minimum absolute atomic E-state index is 0.0219. The number of carbonyl (C=O) groups excluding carboxylic acids is 1. The SMILES string of the molecule is CC(C)(C)OC(=O)NC1(c2ncc(C(F)(F)F)cc2F)CCOCC1(C)O. The zero-order valence-electron chi connectivity index (χ0n) is 15.4. The fourth-order valence-corrected chi connectivity index (χ4v) is 2.90. The Morgan fingerprint density at radius 1 is 1.37 bits per heavy atom. The van der Waals surface area contributed by atoms with Crippen molar-refractivity contribution in [1.29, 1.82) is 0 Å². The normalized spacial score (nSPS) is 26.6. The number of carbonyl (C=O) groups is 1. The molecule has 1 fully saturated rings. The molecule has 0 spiro atoms. The number of ether oxygens (including phenoxy) is 2. The largest absolute Gasteiger partial charge is 0.444 e. The third-order valence-electron chi connectivity index (χ3n) is 4.21. The Balaban J connectivity index is 2.53. The third-order valence-corrected chi connectivity index (χ3v) is 4.21. The molecule has 2 N–H and O–H groups in total. The Morgan fingerprint density at radius 3 is 2.48 bits per heavy atom. The topological polar surface area (TPSA) is 80.7 Å². The number of hydrogen-bond donors (Lipinski definition) is 2. The summed E-state index contributed by atoms with van der Waals surface area (Å²) in [6.45, 7) is 5.84. The lowest BCUT2D eigenvalue weighted by Gasteiger charge is -2.48. The molecule has 1 aliphatic heterocycles. The summed E-state index contributed by atoms with van der Waals surface area (Å²) in [6, 6.07) is 0.284. The first-order chi connectivity index (χ1) is 12.2. The molecule has 6 nitrogen and oxygen atoms in total. The van der Waals surface area contributed by atoms with E-state index in [2.05, 4.69) is 10.3 Å². The number of halogens is 4. The Morgan fingerprint density at radius 2 is 2.00 bits per heavy atom. The van der Waals surface area contributed by atoms with Crippen molar-refractivity contribution in [3.8, 4) is 0 Å². The van der Waals surface area contributed by atoms with Gasteiger partial charge in [-0.2, -0.15) is 13.2 Å². The zero-order chi connectivity index (χ0) is 20.7. The van der Waals surface area contributed by atoms with Gasteiger partial charge in [-0.1, -0.05) is 0 Å². The summed E-state index contributed by atoms with van der Waals surface area (Å²) >= 11 is 0. The molecule has 0 aromatic carbocycles. The van der Waals surface area contributed by atoms with Gasteiger partial charge in [0.2, 0.25) is 0 Å². The van der Waals surface area contributed by atoms with Crippen LogP contribution in [0.2, 0.25) is 0 Å². The highest BCUT2D eigenvalue weighted by atomic mass is 19.4. The molecule has 2 rings (SSSR count). The second kappa shape index (κ2) is 6.90. The third kappa shape index (κ3) is 4.49. The molecule has 2 heterocycles. The minimum atomic E-state index is -4.78. The van der Waals surface area contributed by atoms with Gasteiger partial charge in [0.25, 0.3) is 0 Å². The number of nitrogens with zero attached hydrogens (tertiary/aromatic N) is 1. The Labute approximate surface area is 153 Å². The van der Waals surface area contributed by atoms with Crippen molar-refractivity contribution in [1.82, 2.24) is 10.3 Å². The van der Waals surface area contributed by atoms with Crippen molar-refractivity contribution in [2.75, 3.05) is 13.2 Å². The molecular formula is C17H22F4N2O4. The molecule has 1 aromatic heterocycles. The lowest BCUT2D eigenvalue weighted by Crippen LogP contribution is -2.66. The van der Waals surface area contributed by atoms with Gasteiger partial charge in [0.1, 0.15) is 28.3 Å². The molecule has 2 unspecified atom stereocenters. The van der Waals surface area contributed by atoms with Crippen molar-refractivity contribution in [2.24, 2.45) is 0 Å². The molecule has 0 saturated carbocycles. The van der Waals surface area contributed by atoms with Crippen molar-refractivity contribution >= 4 is 6.09 Å². The second-order valence-corrected chi connectivity index (χ2v) is 7.66. The highest BCUT2D eigenvalue weighted by Gasteiger charge is 2.55. The van der Waals surface area contributed by atoms with Crippen LogP contribution in [0.4, 0.5) is 22.4 Å². The molecule has 1 saturated heterocycles. The number of alkyl carbamates (subject to hydrolysis) is 1. The van der Waals surface area contributed by atoms with Gasteiger partial charge in [0.05, 0.1) is 12.2 Å². The maximum Gasteiger partial charge on any atom is 0.417 e. The van der Waals surface area contributed by atoms with Crippen LogP contribution in [0.5, 0.6) is 0 Å². The predicted octanol–water partition coefficient (Wildman–Crippen LogP) is 3.13. The van der Waals surface area contributed by atoms with Crippen LogP contribution in [0.3, 0.4) is 0 Å². The Hall–Kier alpha value is -1.94. The van der Waals surface area contributed by atoms with Crippen LogP contribution in [0.25, 0.3) is 0 Å². The number of pyridine rings is 1. The predicted molar refractivity (Wildman–Crippen MR) is 86.3 cm³/mol. The van der Waals surface area contributed by atoms with E-state index in [1.54, 1.807) is 20.8 Å². The number of rotatable bonds is 2. The van der Waals surface area contributed by atoms with Crippen LogP contribution in [0.15, 0.2) is 12.3 Å². The smallest absolute Gasteiger partial charge is 0.417 e. The number of aliphatic hydroxyl groups is 1. The van der Waals surface area contributed by atoms with E-state index in [0.717, 1.165) is 0 Å². The van der Waals surface area contributed by atoms with Crippen LogP contribution < -0.4 is 5.32 Å². The molecule has 2 atom stereocenters. The number of hydrogen-bond acceptors (Lipinski definition) is 5. The summed E-state index contributed by atoms with van der Waals surface area (Å²) in [5.74, 6) is -1.30. The van der Waals surface area contributed by atoms with Crippen molar-refractivity contribution in [3.05, 3.63) is 29.3 Å². The second-order valence-electron chi connectivity index (χ2n) is 7.66. The monoisotopic (exact) mass is 394 g/mol. The van der Waals surface area contributed by atoms with Crippen molar-refractivity contribution < 1.29 is 36.9 Å². The van der Waals surface area contributed by atoms with Crippen LogP contribution in [-0.2, 0) is 21.2 Å². The van der Waals surface area contributed by atoms with Gasteiger partial charge >= 0.3 is 12.3 Å². The van der Waals surface area contributed by atoms with E-state index in [4.69, 9.17) is 9.47 Å². The fraction of sp³-hybridized carbons (Fsp3) is 0.647.